The molecule has 6 heteroatoms. The van der Waals surface area contributed by atoms with E-state index in [1.807, 2.05) is 30.3 Å². The van der Waals surface area contributed by atoms with Crippen molar-refractivity contribution in [1.29, 1.82) is 0 Å². The van der Waals surface area contributed by atoms with E-state index in [4.69, 9.17) is 4.98 Å². The second-order valence-corrected chi connectivity index (χ2v) is 6.98. The molecular formula is C23H19N5O. The van der Waals surface area contributed by atoms with Crippen LogP contribution in [-0.2, 0) is 13.0 Å². The normalized spacial score (nSPS) is 12.3. The number of benzene rings is 2. The van der Waals surface area contributed by atoms with Crippen LogP contribution < -0.4 is 10.5 Å². The molecule has 1 aliphatic rings. The molecule has 6 nitrogen and oxygen atoms in total. The molecule has 29 heavy (non-hydrogen) atoms. The maximum atomic E-state index is 12.9. The van der Waals surface area contributed by atoms with Gasteiger partial charge < -0.3 is 4.90 Å². The zero-order chi connectivity index (χ0) is 19.6. The Kier molecular flexibility index (Phi) is 4.37. The first-order chi connectivity index (χ1) is 14.3. The smallest absolute Gasteiger partial charge is 0.255 e. The fraction of sp³-hybridized carbons (Fsp3) is 0.130. The second-order valence-electron chi connectivity index (χ2n) is 6.98. The molecular weight excluding hydrogens is 362 g/mol. The van der Waals surface area contributed by atoms with E-state index < -0.39 is 0 Å². The van der Waals surface area contributed by atoms with Gasteiger partial charge in [0.15, 0.2) is 0 Å². The van der Waals surface area contributed by atoms with E-state index in [1.54, 1.807) is 22.9 Å². The third-order valence-electron chi connectivity index (χ3n) is 5.15. The standard InChI is InChI=1S/C23H19N5O/c29-22-14-20(19-10-12-24-16-25-19)26-23-27(13-11-17-6-2-1-3-7-17)21-9-5-4-8-18(21)15-28(22)23/h1-10,12,14,16H,11,13,15H2. The molecule has 0 unspecified atom stereocenters. The molecule has 0 bridgehead atoms. The van der Waals surface area contributed by atoms with Crippen molar-refractivity contribution in [3.8, 4) is 11.4 Å². The zero-order valence-corrected chi connectivity index (χ0v) is 15.8. The van der Waals surface area contributed by atoms with Crippen LogP contribution in [0.25, 0.3) is 11.4 Å². The number of hydrogen-bond acceptors (Lipinski definition) is 5. The van der Waals surface area contributed by atoms with Gasteiger partial charge in [0, 0.05) is 24.5 Å². The van der Waals surface area contributed by atoms with Crippen LogP contribution in [0, 0.1) is 0 Å². The molecule has 0 saturated heterocycles. The number of nitrogens with zero attached hydrogens (tertiary/aromatic N) is 5. The highest BCUT2D eigenvalue weighted by Crippen LogP contribution is 2.33. The van der Waals surface area contributed by atoms with Crippen LogP contribution in [-0.4, -0.2) is 26.1 Å². The number of rotatable bonds is 4. The monoisotopic (exact) mass is 381 g/mol. The third-order valence-corrected chi connectivity index (χ3v) is 5.15. The molecule has 0 N–H and O–H groups in total. The van der Waals surface area contributed by atoms with Gasteiger partial charge in [0.1, 0.15) is 6.33 Å². The van der Waals surface area contributed by atoms with Crippen molar-refractivity contribution >= 4 is 11.6 Å². The van der Waals surface area contributed by atoms with Gasteiger partial charge >= 0.3 is 0 Å². The Morgan fingerprint density at radius 2 is 1.76 bits per heavy atom. The van der Waals surface area contributed by atoms with Crippen LogP contribution in [0.5, 0.6) is 0 Å². The summed E-state index contributed by atoms with van der Waals surface area (Å²) < 4.78 is 1.73. The number of hydrogen-bond donors (Lipinski definition) is 0. The van der Waals surface area contributed by atoms with Gasteiger partial charge in [-0.3, -0.25) is 9.36 Å². The first kappa shape index (κ1) is 17.3. The topological polar surface area (TPSA) is 63.9 Å². The summed E-state index contributed by atoms with van der Waals surface area (Å²) in [5.74, 6) is 0.653. The highest BCUT2D eigenvalue weighted by Gasteiger charge is 2.25. The molecule has 0 spiro atoms. The maximum absolute atomic E-state index is 12.9. The molecule has 0 amide bonds. The Balaban J connectivity index is 1.60. The molecule has 3 heterocycles. The Labute approximate surface area is 168 Å². The molecule has 4 aromatic rings. The molecule has 0 radical (unpaired) electrons. The van der Waals surface area contributed by atoms with Crippen molar-refractivity contribution in [1.82, 2.24) is 19.5 Å². The van der Waals surface area contributed by atoms with Crippen LogP contribution in [0.4, 0.5) is 11.6 Å². The first-order valence-corrected chi connectivity index (χ1v) is 9.57. The number of fused-ring (bicyclic) bond motifs is 2. The maximum Gasteiger partial charge on any atom is 0.255 e. The predicted octanol–water partition coefficient (Wildman–Crippen LogP) is 3.44. The average molecular weight is 381 g/mol. The van der Waals surface area contributed by atoms with Crippen molar-refractivity contribution in [3.05, 3.63) is 101 Å². The van der Waals surface area contributed by atoms with Gasteiger partial charge in [-0.25, -0.2) is 15.0 Å². The molecule has 0 fully saturated rings. The van der Waals surface area contributed by atoms with Crippen molar-refractivity contribution in [3.63, 3.8) is 0 Å². The molecule has 0 saturated carbocycles. The Bertz CT molecular complexity index is 1200. The predicted molar refractivity (Wildman–Crippen MR) is 112 cm³/mol. The largest absolute Gasteiger partial charge is 0.311 e. The van der Waals surface area contributed by atoms with Crippen molar-refractivity contribution in [2.45, 2.75) is 13.0 Å². The van der Waals surface area contributed by atoms with Crippen LogP contribution in [0.15, 0.2) is 84.0 Å². The van der Waals surface area contributed by atoms with Gasteiger partial charge in [-0.1, -0.05) is 48.5 Å². The average Bonchev–Trinajstić information content (AvgIpc) is 2.78. The quantitative estimate of drug-likeness (QED) is 0.542. The van der Waals surface area contributed by atoms with Crippen LogP contribution in [0.3, 0.4) is 0 Å². The molecule has 2 aromatic carbocycles. The first-order valence-electron chi connectivity index (χ1n) is 9.57. The highest BCUT2D eigenvalue weighted by atomic mass is 16.1. The fourth-order valence-electron chi connectivity index (χ4n) is 3.71. The van der Waals surface area contributed by atoms with Gasteiger partial charge in [0.05, 0.1) is 17.9 Å². The minimum absolute atomic E-state index is 0.0807. The third kappa shape index (κ3) is 3.29. The molecule has 5 rings (SSSR count). The molecule has 142 valence electrons. The minimum atomic E-state index is -0.0807. The van der Waals surface area contributed by atoms with Crippen molar-refractivity contribution in [2.75, 3.05) is 11.4 Å². The van der Waals surface area contributed by atoms with Gasteiger partial charge in [-0.2, -0.15) is 0 Å². The number of anilines is 2. The summed E-state index contributed by atoms with van der Waals surface area (Å²) in [4.78, 5) is 28.1. The summed E-state index contributed by atoms with van der Waals surface area (Å²) in [5.41, 5.74) is 4.58. The van der Waals surface area contributed by atoms with Gasteiger partial charge in [0.2, 0.25) is 5.95 Å². The van der Waals surface area contributed by atoms with E-state index in [-0.39, 0.29) is 5.56 Å². The molecule has 2 aromatic heterocycles. The fourth-order valence-corrected chi connectivity index (χ4v) is 3.71. The number of para-hydroxylation sites is 1. The lowest BCUT2D eigenvalue weighted by molar-refractivity contribution is 0.683. The minimum Gasteiger partial charge on any atom is -0.311 e. The summed E-state index contributed by atoms with van der Waals surface area (Å²) in [6.45, 7) is 1.24. The van der Waals surface area contributed by atoms with E-state index in [1.165, 1.54) is 11.9 Å². The highest BCUT2D eigenvalue weighted by molar-refractivity contribution is 5.67. The molecule has 0 atom stereocenters. The van der Waals surface area contributed by atoms with Crippen LogP contribution >= 0.6 is 0 Å². The van der Waals surface area contributed by atoms with E-state index in [0.717, 1.165) is 24.2 Å². The van der Waals surface area contributed by atoms with Gasteiger partial charge in [0.25, 0.3) is 5.56 Å². The van der Waals surface area contributed by atoms with E-state index >= 15 is 0 Å². The SMILES string of the molecule is O=c1cc(-c2ccncn2)nc2n1Cc1ccccc1N2CCc1ccccc1. The van der Waals surface area contributed by atoms with Gasteiger partial charge in [-0.05, 0) is 29.7 Å². The summed E-state index contributed by atoms with van der Waals surface area (Å²) in [6.07, 6.45) is 3.98. The van der Waals surface area contributed by atoms with E-state index in [0.29, 0.717) is 23.9 Å². The summed E-state index contributed by atoms with van der Waals surface area (Å²) in [7, 11) is 0. The van der Waals surface area contributed by atoms with E-state index in [9.17, 15) is 4.79 Å². The Hall–Kier alpha value is -3.80. The Morgan fingerprint density at radius 1 is 0.931 bits per heavy atom. The molecule has 0 aliphatic carbocycles. The van der Waals surface area contributed by atoms with Crippen LogP contribution in [0.2, 0.25) is 0 Å². The summed E-state index contributed by atoms with van der Waals surface area (Å²) >= 11 is 0. The zero-order valence-electron chi connectivity index (χ0n) is 15.8. The van der Waals surface area contributed by atoms with Crippen LogP contribution in [0.1, 0.15) is 11.1 Å². The Morgan fingerprint density at radius 3 is 2.59 bits per heavy atom. The van der Waals surface area contributed by atoms with Crippen molar-refractivity contribution < 1.29 is 0 Å². The van der Waals surface area contributed by atoms with E-state index in [2.05, 4.69) is 39.1 Å². The summed E-state index contributed by atoms with van der Waals surface area (Å²) in [6, 6.07) is 21.9. The van der Waals surface area contributed by atoms with Gasteiger partial charge in [-0.15, -0.1) is 0 Å². The number of aromatic nitrogens is 4. The lowest BCUT2D eigenvalue weighted by Crippen LogP contribution is -2.36. The second kappa shape index (κ2) is 7.31. The molecule has 1 aliphatic heterocycles. The summed E-state index contributed by atoms with van der Waals surface area (Å²) in [5, 5.41) is 0. The lowest BCUT2D eigenvalue weighted by Gasteiger charge is -2.33. The lowest BCUT2D eigenvalue weighted by atomic mass is 10.1. The van der Waals surface area contributed by atoms with Crippen molar-refractivity contribution in [2.24, 2.45) is 0 Å².